The summed E-state index contributed by atoms with van der Waals surface area (Å²) in [5.74, 6) is -0.174. The number of hydrogen-bond acceptors (Lipinski definition) is 5. The van der Waals surface area contributed by atoms with E-state index >= 15 is 0 Å². The largest absolute Gasteiger partial charge is 0.345 e. The summed E-state index contributed by atoms with van der Waals surface area (Å²) >= 11 is 1.58. The Bertz CT molecular complexity index is 616. The van der Waals surface area contributed by atoms with E-state index in [0.29, 0.717) is 12.0 Å². The van der Waals surface area contributed by atoms with Crippen LogP contribution in [0.15, 0.2) is 24.3 Å². The summed E-state index contributed by atoms with van der Waals surface area (Å²) in [5, 5.41) is 10.4. The number of benzene rings is 1. The van der Waals surface area contributed by atoms with Crippen molar-refractivity contribution in [2.24, 2.45) is 0 Å². The van der Waals surface area contributed by atoms with Crippen LogP contribution in [0.3, 0.4) is 0 Å². The van der Waals surface area contributed by atoms with Crippen molar-refractivity contribution in [1.82, 2.24) is 15.1 Å². The van der Waals surface area contributed by atoms with Gasteiger partial charge in [-0.15, -0.1) is 10.2 Å². The Balaban J connectivity index is 1.67. The first-order valence-corrected chi connectivity index (χ1v) is 8.61. The van der Waals surface area contributed by atoms with Crippen molar-refractivity contribution < 1.29 is 4.39 Å². The molecule has 1 aromatic heterocycles. The molecule has 22 heavy (non-hydrogen) atoms. The molecule has 0 saturated carbocycles. The van der Waals surface area contributed by atoms with Gasteiger partial charge in [0.05, 0.1) is 0 Å². The smallest absolute Gasteiger partial charge is 0.208 e. The van der Waals surface area contributed by atoms with Gasteiger partial charge in [-0.2, -0.15) is 0 Å². The van der Waals surface area contributed by atoms with Gasteiger partial charge in [0.15, 0.2) is 0 Å². The SMILES string of the molecule is CCN1CCCN(c2nnc(Cc3ccccc3F)s2)CC1. The van der Waals surface area contributed by atoms with Crippen LogP contribution in [0.2, 0.25) is 0 Å². The predicted molar refractivity (Wildman–Crippen MR) is 88.1 cm³/mol. The van der Waals surface area contributed by atoms with Crippen molar-refractivity contribution >= 4 is 16.5 Å². The number of rotatable bonds is 4. The first-order valence-electron chi connectivity index (χ1n) is 7.79. The molecule has 0 radical (unpaired) electrons. The molecule has 1 aliphatic rings. The molecule has 4 nitrogen and oxygen atoms in total. The number of halogens is 1. The molecule has 0 atom stereocenters. The second-order valence-corrected chi connectivity index (χ2v) is 6.56. The molecule has 2 heterocycles. The molecule has 1 fully saturated rings. The van der Waals surface area contributed by atoms with E-state index < -0.39 is 0 Å². The Kier molecular flexibility index (Phi) is 5.00. The fraction of sp³-hybridized carbons (Fsp3) is 0.500. The molecule has 0 N–H and O–H groups in total. The Morgan fingerprint density at radius 2 is 2.00 bits per heavy atom. The van der Waals surface area contributed by atoms with Crippen LogP contribution in [0.1, 0.15) is 23.9 Å². The Morgan fingerprint density at radius 3 is 2.82 bits per heavy atom. The zero-order chi connectivity index (χ0) is 15.4. The number of anilines is 1. The van der Waals surface area contributed by atoms with Crippen LogP contribution in [-0.2, 0) is 6.42 Å². The van der Waals surface area contributed by atoms with E-state index in [4.69, 9.17) is 0 Å². The van der Waals surface area contributed by atoms with Gasteiger partial charge in [0.25, 0.3) is 0 Å². The molecule has 3 rings (SSSR count). The Hall–Kier alpha value is -1.53. The van der Waals surface area contributed by atoms with E-state index in [1.807, 2.05) is 12.1 Å². The molecule has 0 aliphatic carbocycles. The normalized spacial score (nSPS) is 16.7. The van der Waals surface area contributed by atoms with E-state index in [9.17, 15) is 4.39 Å². The summed E-state index contributed by atoms with van der Waals surface area (Å²) in [6.45, 7) is 7.52. The second-order valence-electron chi connectivity index (χ2n) is 5.52. The van der Waals surface area contributed by atoms with Gasteiger partial charge in [-0.05, 0) is 31.1 Å². The monoisotopic (exact) mass is 320 g/mol. The quantitative estimate of drug-likeness (QED) is 0.867. The summed E-state index contributed by atoms with van der Waals surface area (Å²) in [7, 11) is 0. The van der Waals surface area contributed by atoms with Crippen LogP contribution in [0.5, 0.6) is 0 Å². The van der Waals surface area contributed by atoms with Gasteiger partial charge in [0.1, 0.15) is 10.8 Å². The van der Waals surface area contributed by atoms with Gasteiger partial charge in [0, 0.05) is 26.1 Å². The summed E-state index contributed by atoms with van der Waals surface area (Å²) in [4.78, 5) is 4.76. The van der Waals surface area contributed by atoms with Crippen molar-refractivity contribution in [1.29, 1.82) is 0 Å². The van der Waals surface area contributed by atoms with Gasteiger partial charge in [-0.25, -0.2) is 4.39 Å². The standard InChI is InChI=1S/C16H21FN4S/c1-2-20-8-5-9-21(11-10-20)16-19-18-15(22-16)12-13-6-3-4-7-14(13)17/h3-4,6-7H,2,5,8-12H2,1H3. The van der Waals surface area contributed by atoms with Gasteiger partial charge >= 0.3 is 0 Å². The van der Waals surface area contributed by atoms with E-state index in [1.54, 1.807) is 17.4 Å². The number of aromatic nitrogens is 2. The molecule has 0 spiro atoms. The molecule has 0 amide bonds. The molecule has 1 aromatic carbocycles. The highest BCUT2D eigenvalue weighted by Gasteiger charge is 2.17. The van der Waals surface area contributed by atoms with E-state index in [0.717, 1.165) is 49.3 Å². The third-order valence-electron chi connectivity index (χ3n) is 4.06. The molecule has 2 aromatic rings. The van der Waals surface area contributed by atoms with Crippen LogP contribution in [-0.4, -0.2) is 47.8 Å². The average Bonchev–Trinajstić information content (AvgIpc) is 2.85. The fourth-order valence-corrected chi connectivity index (χ4v) is 3.64. The third kappa shape index (κ3) is 3.62. The van der Waals surface area contributed by atoms with Crippen LogP contribution in [0.4, 0.5) is 9.52 Å². The lowest BCUT2D eigenvalue weighted by atomic mass is 10.1. The van der Waals surface area contributed by atoms with Crippen molar-refractivity contribution in [2.45, 2.75) is 19.8 Å². The van der Waals surface area contributed by atoms with E-state index in [-0.39, 0.29) is 5.82 Å². The molecular weight excluding hydrogens is 299 g/mol. The summed E-state index contributed by atoms with van der Waals surface area (Å²) in [6, 6.07) is 6.86. The van der Waals surface area contributed by atoms with E-state index in [1.165, 1.54) is 6.07 Å². The molecule has 1 aliphatic heterocycles. The lowest BCUT2D eigenvalue weighted by molar-refractivity contribution is 0.310. The highest BCUT2D eigenvalue weighted by Crippen LogP contribution is 2.24. The fourth-order valence-electron chi connectivity index (χ4n) is 2.73. The van der Waals surface area contributed by atoms with E-state index in [2.05, 4.69) is 26.9 Å². The highest BCUT2D eigenvalue weighted by atomic mass is 32.1. The highest BCUT2D eigenvalue weighted by molar-refractivity contribution is 7.15. The number of hydrogen-bond donors (Lipinski definition) is 0. The maximum Gasteiger partial charge on any atom is 0.208 e. The Labute approximate surface area is 134 Å². The summed E-state index contributed by atoms with van der Waals surface area (Å²) in [6.07, 6.45) is 1.66. The lowest BCUT2D eigenvalue weighted by Gasteiger charge is -2.19. The lowest BCUT2D eigenvalue weighted by Crippen LogP contribution is -2.30. The molecule has 118 valence electrons. The molecular formula is C16H21FN4S. The predicted octanol–water partition coefficient (Wildman–Crippen LogP) is 2.80. The van der Waals surface area contributed by atoms with Crippen LogP contribution in [0, 0.1) is 5.82 Å². The van der Waals surface area contributed by atoms with Gasteiger partial charge in [0.2, 0.25) is 5.13 Å². The second kappa shape index (κ2) is 7.15. The number of likely N-dealkylation sites (N-methyl/N-ethyl adjacent to an activating group) is 1. The van der Waals surface area contributed by atoms with Crippen molar-refractivity contribution in [3.05, 3.63) is 40.7 Å². The first-order chi connectivity index (χ1) is 10.8. The molecule has 6 heteroatoms. The zero-order valence-electron chi connectivity index (χ0n) is 12.8. The van der Waals surface area contributed by atoms with Crippen LogP contribution in [0.25, 0.3) is 0 Å². The minimum absolute atomic E-state index is 0.174. The van der Waals surface area contributed by atoms with Crippen LogP contribution >= 0.6 is 11.3 Å². The van der Waals surface area contributed by atoms with Crippen molar-refractivity contribution in [3.8, 4) is 0 Å². The van der Waals surface area contributed by atoms with Crippen molar-refractivity contribution in [2.75, 3.05) is 37.6 Å². The molecule has 0 bridgehead atoms. The maximum atomic E-state index is 13.7. The topological polar surface area (TPSA) is 32.3 Å². The minimum Gasteiger partial charge on any atom is -0.345 e. The van der Waals surface area contributed by atoms with Gasteiger partial charge in [-0.1, -0.05) is 36.5 Å². The van der Waals surface area contributed by atoms with Crippen LogP contribution < -0.4 is 4.90 Å². The minimum atomic E-state index is -0.174. The zero-order valence-corrected chi connectivity index (χ0v) is 13.7. The average molecular weight is 320 g/mol. The molecule has 1 saturated heterocycles. The summed E-state index contributed by atoms with van der Waals surface area (Å²) in [5.41, 5.74) is 0.679. The molecule has 0 unspecified atom stereocenters. The van der Waals surface area contributed by atoms with Gasteiger partial charge < -0.3 is 9.80 Å². The third-order valence-corrected chi connectivity index (χ3v) is 5.05. The Morgan fingerprint density at radius 1 is 1.14 bits per heavy atom. The van der Waals surface area contributed by atoms with Gasteiger partial charge in [-0.3, -0.25) is 0 Å². The number of nitrogens with zero attached hydrogens (tertiary/aromatic N) is 4. The van der Waals surface area contributed by atoms with Crippen molar-refractivity contribution in [3.63, 3.8) is 0 Å². The maximum absolute atomic E-state index is 13.7. The first kappa shape index (κ1) is 15.4. The summed E-state index contributed by atoms with van der Waals surface area (Å²) < 4.78 is 13.7.